The molecule has 2 heterocycles. The predicted molar refractivity (Wildman–Crippen MR) is 121 cm³/mol. The smallest absolute Gasteiger partial charge is 0.270 e. The van der Waals surface area contributed by atoms with Crippen LogP contribution in [0, 0.1) is 17.9 Å². The Morgan fingerprint density at radius 3 is 2.50 bits per heavy atom. The molecular formula is C24H11N3OS2. The summed E-state index contributed by atoms with van der Waals surface area (Å²) in [5.74, 6) is -0.180. The Balaban J connectivity index is 1.62. The van der Waals surface area contributed by atoms with E-state index in [0.29, 0.717) is 27.3 Å². The lowest BCUT2D eigenvalue weighted by atomic mass is 10.0. The van der Waals surface area contributed by atoms with E-state index in [4.69, 9.17) is 11.6 Å². The van der Waals surface area contributed by atoms with Crippen LogP contribution in [0.1, 0.15) is 20.9 Å². The number of carbonyl (C=O) groups excluding carboxylic acids is 1. The Kier molecular flexibility index (Phi) is 4.37. The first-order valence-corrected chi connectivity index (χ1v) is 10.7. The van der Waals surface area contributed by atoms with E-state index in [0.717, 1.165) is 20.0 Å². The van der Waals surface area contributed by atoms with Crippen molar-refractivity contribution in [3.05, 3.63) is 99.5 Å². The lowest BCUT2D eigenvalue weighted by Crippen LogP contribution is -1.95. The number of hydrogen-bond acceptors (Lipinski definition) is 5. The SMILES string of the molecule is [C-]#[N+]/C(C#N)=C1\C(=C\c2nc3sc(-c4ccccc4)cc3s2)C(=O)c2ccccc21. The van der Waals surface area contributed by atoms with E-state index in [1.54, 1.807) is 41.7 Å². The molecule has 4 nitrogen and oxygen atoms in total. The molecule has 140 valence electrons. The van der Waals surface area contributed by atoms with Gasteiger partial charge in [0.1, 0.15) is 9.84 Å². The van der Waals surface area contributed by atoms with Gasteiger partial charge in [-0.05, 0) is 23.3 Å². The Bertz CT molecular complexity index is 1430. The summed E-state index contributed by atoms with van der Waals surface area (Å²) in [6, 6.07) is 21.3. The summed E-state index contributed by atoms with van der Waals surface area (Å²) in [4.78, 5) is 23.1. The van der Waals surface area contributed by atoms with Gasteiger partial charge in [-0.15, -0.1) is 22.7 Å². The maximum absolute atomic E-state index is 13.0. The van der Waals surface area contributed by atoms with Crippen molar-refractivity contribution in [2.45, 2.75) is 0 Å². The fourth-order valence-electron chi connectivity index (χ4n) is 3.51. The van der Waals surface area contributed by atoms with E-state index in [1.807, 2.05) is 24.3 Å². The van der Waals surface area contributed by atoms with E-state index in [2.05, 4.69) is 23.0 Å². The first kappa shape index (κ1) is 18.2. The van der Waals surface area contributed by atoms with Crippen molar-refractivity contribution in [2.75, 3.05) is 0 Å². The fourth-order valence-corrected chi connectivity index (χ4v) is 5.69. The Hall–Kier alpha value is -3.84. The minimum atomic E-state index is -0.180. The van der Waals surface area contributed by atoms with Gasteiger partial charge in [-0.1, -0.05) is 54.6 Å². The number of fused-ring (bicyclic) bond motifs is 2. The van der Waals surface area contributed by atoms with Crippen LogP contribution in [0.5, 0.6) is 0 Å². The highest BCUT2D eigenvalue weighted by molar-refractivity contribution is 7.29. The number of nitrogens with zero attached hydrogens (tertiary/aromatic N) is 3. The number of allylic oxidation sites excluding steroid dienone is 3. The number of carbonyl (C=O) groups is 1. The van der Waals surface area contributed by atoms with Crippen molar-refractivity contribution in [3.63, 3.8) is 0 Å². The summed E-state index contributed by atoms with van der Waals surface area (Å²) in [5, 5.41) is 10.1. The molecule has 6 heteroatoms. The number of rotatable bonds is 2. The van der Waals surface area contributed by atoms with Crippen molar-refractivity contribution in [3.8, 4) is 16.5 Å². The van der Waals surface area contributed by atoms with Gasteiger partial charge in [-0.3, -0.25) is 4.79 Å². The molecule has 0 bridgehead atoms. The van der Waals surface area contributed by atoms with Gasteiger partial charge in [0.05, 0.1) is 17.3 Å². The molecule has 0 aliphatic heterocycles. The first-order valence-electron chi connectivity index (χ1n) is 9.03. The van der Waals surface area contributed by atoms with Crippen LogP contribution in [0.4, 0.5) is 0 Å². The van der Waals surface area contributed by atoms with Gasteiger partial charge in [-0.2, -0.15) is 0 Å². The number of Topliss-reactive ketones (excluding diaryl/α,β-unsaturated/α-hetero) is 1. The zero-order valence-corrected chi connectivity index (χ0v) is 17.1. The van der Waals surface area contributed by atoms with Crippen LogP contribution in [0.25, 0.3) is 36.5 Å². The van der Waals surface area contributed by atoms with Gasteiger partial charge in [0.25, 0.3) is 5.70 Å². The topological polar surface area (TPSA) is 58.1 Å². The Morgan fingerprint density at radius 2 is 1.80 bits per heavy atom. The zero-order chi connectivity index (χ0) is 20.7. The maximum atomic E-state index is 13.0. The number of benzene rings is 2. The second kappa shape index (κ2) is 7.20. The van der Waals surface area contributed by atoms with Gasteiger partial charge >= 0.3 is 0 Å². The number of thiophene rings is 1. The van der Waals surface area contributed by atoms with Crippen molar-refractivity contribution >= 4 is 49.6 Å². The summed E-state index contributed by atoms with van der Waals surface area (Å²) in [6.07, 6.45) is 1.71. The van der Waals surface area contributed by atoms with Gasteiger partial charge in [0, 0.05) is 21.6 Å². The molecule has 0 amide bonds. The van der Waals surface area contributed by atoms with Crippen LogP contribution in [0.2, 0.25) is 0 Å². The second-order valence-electron chi connectivity index (χ2n) is 6.58. The molecule has 0 fully saturated rings. The molecule has 0 atom stereocenters. The molecule has 0 unspecified atom stereocenters. The van der Waals surface area contributed by atoms with Crippen LogP contribution in [0.3, 0.4) is 0 Å². The normalized spacial score (nSPS) is 15.8. The van der Waals surface area contributed by atoms with E-state index in [-0.39, 0.29) is 11.5 Å². The molecule has 0 saturated heterocycles. The van der Waals surface area contributed by atoms with E-state index >= 15 is 0 Å². The van der Waals surface area contributed by atoms with Gasteiger partial charge in [-0.25, -0.2) is 15.1 Å². The number of ketones is 1. The predicted octanol–water partition coefficient (Wildman–Crippen LogP) is 6.46. The number of thiazole rings is 1. The van der Waals surface area contributed by atoms with Crippen LogP contribution < -0.4 is 0 Å². The molecular weight excluding hydrogens is 410 g/mol. The average molecular weight is 422 g/mol. The number of aromatic nitrogens is 1. The maximum Gasteiger partial charge on any atom is 0.270 e. The van der Waals surface area contributed by atoms with E-state index in [1.165, 1.54) is 11.3 Å². The molecule has 2 aromatic heterocycles. The molecule has 0 N–H and O–H groups in total. The highest BCUT2D eigenvalue weighted by atomic mass is 32.1. The molecule has 0 saturated carbocycles. The Morgan fingerprint density at radius 1 is 1.07 bits per heavy atom. The molecule has 1 aliphatic rings. The first-order chi connectivity index (χ1) is 14.7. The summed E-state index contributed by atoms with van der Waals surface area (Å²) in [6.45, 7) is 7.36. The lowest BCUT2D eigenvalue weighted by molar-refractivity contribution is 0.104. The highest BCUT2D eigenvalue weighted by Gasteiger charge is 2.32. The van der Waals surface area contributed by atoms with Crippen molar-refractivity contribution in [1.29, 1.82) is 5.26 Å². The fraction of sp³-hybridized carbons (Fsp3) is 0. The van der Waals surface area contributed by atoms with Gasteiger partial charge < -0.3 is 0 Å². The number of nitriles is 1. The molecule has 0 spiro atoms. The largest absolute Gasteiger partial charge is 0.289 e. The van der Waals surface area contributed by atoms with E-state index in [9.17, 15) is 10.1 Å². The average Bonchev–Trinajstić information content (AvgIpc) is 3.42. The molecule has 1 aliphatic carbocycles. The quantitative estimate of drug-likeness (QED) is 0.212. The Labute approximate surface area is 180 Å². The third-order valence-corrected chi connectivity index (χ3v) is 7.00. The highest BCUT2D eigenvalue weighted by Crippen LogP contribution is 2.42. The molecule has 5 rings (SSSR count). The lowest BCUT2D eigenvalue weighted by Gasteiger charge is -2.01. The van der Waals surface area contributed by atoms with Crippen molar-refractivity contribution in [1.82, 2.24) is 4.98 Å². The molecule has 30 heavy (non-hydrogen) atoms. The van der Waals surface area contributed by atoms with Gasteiger partial charge in [0.15, 0.2) is 5.78 Å². The third-order valence-electron chi connectivity index (χ3n) is 4.84. The van der Waals surface area contributed by atoms with Crippen molar-refractivity contribution < 1.29 is 4.79 Å². The van der Waals surface area contributed by atoms with E-state index < -0.39 is 0 Å². The summed E-state index contributed by atoms with van der Waals surface area (Å²) >= 11 is 3.10. The van der Waals surface area contributed by atoms with Crippen LogP contribution in [-0.4, -0.2) is 10.8 Å². The molecule has 2 aromatic carbocycles. The van der Waals surface area contributed by atoms with Crippen LogP contribution in [-0.2, 0) is 0 Å². The van der Waals surface area contributed by atoms with Crippen molar-refractivity contribution in [2.24, 2.45) is 0 Å². The minimum absolute atomic E-state index is 0.0794. The number of hydrogen-bond donors (Lipinski definition) is 0. The zero-order valence-electron chi connectivity index (χ0n) is 15.4. The third kappa shape index (κ3) is 2.87. The van der Waals surface area contributed by atoms with Gasteiger partial charge in [0.2, 0.25) is 0 Å². The van der Waals surface area contributed by atoms with Crippen LogP contribution in [0.15, 0.2) is 71.9 Å². The summed E-state index contributed by atoms with van der Waals surface area (Å²) in [5.41, 5.74) is 2.97. The van der Waals surface area contributed by atoms with Crippen LogP contribution >= 0.6 is 22.7 Å². The second-order valence-corrected chi connectivity index (χ2v) is 8.67. The monoisotopic (exact) mass is 421 g/mol. The standard InChI is InChI=1S/C24H11N3OS2/c1-26-18(13-25)22-15-9-5-6-10-16(15)23(28)17(22)11-21-27-24-20(29-21)12-19(30-24)14-7-3-2-4-8-14/h2-12H/b17-11-,22-18-. The molecule has 0 radical (unpaired) electrons. The minimum Gasteiger partial charge on any atom is -0.289 e. The molecule has 4 aromatic rings. The summed E-state index contributed by atoms with van der Waals surface area (Å²) in [7, 11) is 0. The summed E-state index contributed by atoms with van der Waals surface area (Å²) < 4.78 is 1.05.